The van der Waals surface area contributed by atoms with Crippen molar-refractivity contribution in [3.8, 4) is 11.4 Å². The summed E-state index contributed by atoms with van der Waals surface area (Å²) in [6.07, 6.45) is 2.63. The smallest absolute Gasteiger partial charge is 0.230 e. The van der Waals surface area contributed by atoms with Crippen LogP contribution in [0.1, 0.15) is 11.1 Å². The van der Waals surface area contributed by atoms with E-state index in [2.05, 4.69) is 40.3 Å². The van der Waals surface area contributed by atoms with Gasteiger partial charge in [0.2, 0.25) is 5.91 Å². The number of benzene rings is 2. The molecule has 0 atom stereocenters. The van der Waals surface area contributed by atoms with Gasteiger partial charge in [0.15, 0.2) is 11.0 Å². The van der Waals surface area contributed by atoms with E-state index in [0.717, 1.165) is 28.5 Å². The number of nitrogens with zero attached hydrogens (tertiary/aromatic N) is 3. The molecule has 0 aliphatic rings. The van der Waals surface area contributed by atoms with Gasteiger partial charge in [-0.3, -0.25) is 9.36 Å². The van der Waals surface area contributed by atoms with Gasteiger partial charge in [0.25, 0.3) is 0 Å². The van der Waals surface area contributed by atoms with Crippen LogP contribution in [0, 0.1) is 6.92 Å². The number of carbonyl (C=O) groups is 1. The van der Waals surface area contributed by atoms with E-state index in [1.807, 2.05) is 54.0 Å². The first-order valence-corrected chi connectivity index (χ1v) is 10.2. The summed E-state index contributed by atoms with van der Waals surface area (Å²) in [6, 6.07) is 18.3. The molecular weight excluding hydrogens is 368 g/mol. The molecule has 3 aromatic rings. The maximum Gasteiger partial charge on any atom is 0.230 e. The fourth-order valence-corrected chi connectivity index (χ4v) is 3.64. The first-order chi connectivity index (χ1) is 13.7. The van der Waals surface area contributed by atoms with Crippen LogP contribution >= 0.6 is 11.8 Å². The highest BCUT2D eigenvalue weighted by Gasteiger charge is 2.15. The van der Waals surface area contributed by atoms with E-state index in [9.17, 15) is 4.79 Å². The number of thioether (sulfide) groups is 1. The molecule has 0 aliphatic carbocycles. The van der Waals surface area contributed by atoms with Gasteiger partial charge in [-0.25, -0.2) is 0 Å². The molecule has 0 fully saturated rings. The molecule has 1 aromatic heterocycles. The van der Waals surface area contributed by atoms with Gasteiger partial charge in [-0.05, 0) is 25.0 Å². The maximum absolute atomic E-state index is 12.2. The molecular formula is C22H24N4OS. The summed E-state index contributed by atoms with van der Waals surface area (Å²) in [5.74, 6) is 1.08. The molecule has 28 heavy (non-hydrogen) atoms. The van der Waals surface area contributed by atoms with Crippen molar-refractivity contribution >= 4 is 17.7 Å². The Hall–Kier alpha value is -2.86. The van der Waals surface area contributed by atoms with Crippen molar-refractivity contribution < 1.29 is 4.79 Å². The van der Waals surface area contributed by atoms with E-state index in [0.29, 0.717) is 18.8 Å². The summed E-state index contributed by atoms with van der Waals surface area (Å²) >= 11 is 1.39. The van der Waals surface area contributed by atoms with E-state index in [4.69, 9.17) is 0 Å². The minimum Gasteiger partial charge on any atom is -0.355 e. The van der Waals surface area contributed by atoms with Crippen molar-refractivity contribution in [3.05, 3.63) is 78.4 Å². The summed E-state index contributed by atoms with van der Waals surface area (Å²) in [5, 5.41) is 12.3. The fraction of sp³-hybridized carbons (Fsp3) is 0.227. The first kappa shape index (κ1) is 19.9. The lowest BCUT2D eigenvalue weighted by molar-refractivity contribution is -0.118. The molecule has 0 spiro atoms. The van der Waals surface area contributed by atoms with Crippen LogP contribution < -0.4 is 5.32 Å². The summed E-state index contributed by atoms with van der Waals surface area (Å²) < 4.78 is 1.99. The Labute approximate surface area is 169 Å². The van der Waals surface area contributed by atoms with E-state index >= 15 is 0 Å². The van der Waals surface area contributed by atoms with Gasteiger partial charge in [-0.1, -0.05) is 71.9 Å². The Balaban J connectivity index is 1.59. The zero-order valence-corrected chi connectivity index (χ0v) is 16.8. The molecule has 2 aromatic carbocycles. The summed E-state index contributed by atoms with van der Waals surface area (Å²) in [7, 11) is 0. The second kappa shape index (κ2) is 9.90. The quantitative estimate of drug-likeness (QED) is 0.443. The number of hydrogen-bond acceptors (Lipinski definition) is 4. The van der Waals surface area contributed by atoms with E-state index in [1.54, 1.807) is 0 Å². The number of aryl methyl sites for hydroxylation is 1. The molecule has 0 saturated carbocycles. The van der Waals surface area contributed by atoms with Crippen LogP contribution in [0.3, 0.4) is 0 Å². The number of amides is 1. The van der Waals surface area contributed by atoms with Crippen LogP contribution in [0.15, 0.2) is 72.4 Å². The zero-order chi connectivity index (χ0) is 19.8. The van der Waals surface area contributed by atoms with E-state index in [1.165, 1.54) is 17.3 Å². The Kier molecular flexibility index (Phi) is 7.03. The van der Waals surface area contributed by atoms with Crippen LogP contribution in [0.25, 0.3) is 11.4 Å². The molecule has 1 amide bonds. The van der Waals surface area contributed by atoms with Gasteiger partial charge in [0, 0.05) is 18.7 Å². The third-order valence-corrected chi connectivity index (χ3v) is 5.18. The molecule has 1 heterocycles. The molecule has 3 rings (SSSR count). The lowest BCUT2D eigenvalue weighted by Crippen LogP contribution is -2.27. The number of aromatic nitrogens is 3. The summed E-state index contributed by atoms with van der Waals surface area (Å²) in [6.45, 7) is 7.09. The van der Waals surface area contributed by atoms with E-state index in [-0.39, 0.29) is 5.91 Å². The third-order valence-electron chi connectivity index (χ3n) is 4.22. The number of hydrogen-bond donors (Lipinski definition) is 1. The van der Waals surface area contributed by atoms with Gasteiger partial charge < -0.3 is 5.32 Å². The van der Waals surface area contributed by atoms with Gasteiger partial charge in [-0.2, -0.15) is 0 Å². The number of allylic oxidation sites excluding steroid dienone is 1. The summed E-state index contributed by atoms with van der Waals surface area (Å²) in [5.41, 5.74) is 3.38. The third kappa shape index (κ3) is 5.33. The molecule has 0 bridgehead atoms. The maximum atomic E-state index is 12.2. The zero-order valence-electron chi connectivity index (χ0n) is 16.0. The van der Waals surface area contributed by atoms with Crippen molar-refractivity contribution in [2.75, 3.05) is 12.3 Å². The highest BCUT2D eigenvalue weighted by molar-refractivity contribution is 7.99. The second-order valence-electron chi connectivity index (χ2n) is 6.45. The topological polar surface area (TPSA) is 59.8 Å². The monoisotopic (exact) mass is 392 g/mol. The molecule has 5 nitrogen and oxygen atoms in total. The largest absolute Gasteiger partial charge is 0.355 e. The van der Waals surface area contributed by atoms with Crippen LogP contribution in [0.4, 0.5) is 0 Å². The molecule has 0 aliphatic heterocycles. The Morgan fingerprint density at radius 1 is 1.18 bits per heavy atom. The van der Waals surface area contributed by atoms with Crippen molar-refractivity contribution in [2.24, 2.45) is 0 Å². The highest BCUT2D eigenvalue weighted by atomic mass is 32.2. The molecule has 6 heteroatoms. The van der Waals surface area contributed by atoms with Gasteiger partial charge in [0.1, 0.15) is 0 Å². The molecule has 0 unspecified atom stereocenters. The lowest BCUT2D eigenvalue weighted by atomic mass is 10.1. The second-order valence-corrected chi connectivity index (χ2v) is 7.39. The highest BCUT2D eigenvalue weighted by Crippen LogP contribution is 2.24. The van der Waals surface area contributed by atoms with Crippen LogP contribution in [0.5, 0.6) is 0 Å². The Morgan fingerprint density at radius 3 is 2.75 bits per heavy atom. The minimum atomic E-state index is -0.00816. The van der Waals surface area contributed by atoms with Crippen LogP contribution in [-0.2, 0) is 17.8 Å². The lowest BCUT2D eigenvalue weighted by Gasteiger charge is -2.08. The standard InChI is InChI=1S/C22H24N4OS/c1-3-14-26-21(19-11-7-8-17(2)15-19)24-25-22(26)28-16-20(27)23-13-12-18-9-5-4-6-10-18/h3-11,15H,1,12-14,16H2,2H3,(H,23,27). The van der Waals surface area contributed by atoms with Gasteiger partial charge in [-0.15, -0.1) is 16.8 Å². The Bertz CT molecular complexity index is 937. The minimum absolute atomic E-state index is 0.00816. The van der Waals surface area contributed by atoms with Gasteiger partial charge >= 0.3 is 0 Å². The SMILES string of the molecule is C=CCn1c(SCC(=O)NCCc2ccccc2)nnc1-c1cccc(C)c1. The average molecular weight is 393 g/mol. The predicted molar refractivity (Wildman–Crippen MR) is 114 cm³/mol. The molecule has 144 valence electrons. The van der Waals surface area contributed by atoms with Crippen molar-refractivity contribution in [1.82, 2.24) is 20.1 Å². The fourth-order valence-electron chi connectivity index (χ4n) is 2.86. The molecule has 0 saturated heterocycles. The Morgan fingerprint density at radius 2 is 2.00 bits per heavy atom. The summed E-state index contributed by atoms with van der Waals surface area (Å²) in [4.78, 5) is 12.2. The van der Waals surface area contributed by atoms with Gasteiger partial charge in [0.05, 0.1) is 5.75 Å². The number of rotatable bonds is 9. The first-order valence-electron chi connectivity index (χ1n) is 9.22. The molecule has 1 N–H and O–H groups in total. The molecule has 0 radical (unpaired) electrons. The number of carbonyl (C=O) groups excluding carboxylic acids is 1. The van der Waals surface area contributed by atoms with Crippen LogP contribution in [0.2, 0.25) is 0 Å². The van der Waals surface area contributed by atoms with Crippen molar-refractivity contribution in [2.45, 2.75) is 25.0 Å². The van der Waals surface area contributed by atoms with Crippen molar-refractivity contribution in [1.29, 1.82) is 0 Å². The normalized spacial score (nSPS) is 10.6. The van der Waals surface area contributed by atoms with Crippen LogP contribution in [-0.4, -0.2) is 33.0 Å². The average Bonchev–Trinajstić information content (AvgIpc) is 3.10. The van der Waals surface area contributed by atoms with Crippen molar-refractivity contribution in [3.63, 3.8) is 0 Å². The number of nitrogens with one attached hydrogen (secondary N) is 1. The predicted octanol–water partition coefficient (Wildman–Crippen LogP) is 3.89. The van der Waals surface area contributed by atoms with E-state index < -0.39 is 0 Å².